The van der Waals surface area contributed by atoms with Gasteiger partial charge in [-0.1, -0.05) is 38.8 Å². The third-order valence-corrected chi connectivity index (χ3v) is 5.05. The SMILES string of the molecule is CCC(C)(C)C1CCC(Nc2ccnc(Cl)c2)CC1. The molecule has 0 atom stereocenters. The highest BCUT2D eigenvalue weighted by molar-refractivity contribution is 6.29. The van der Waals surface area contributed by atoms with Gasteiger partial charge in [-0.15, -0.1) is 0 Å². The second-order valence-corrected chi connectivity index (χ2v) is 6.79. The average molecular weight is 281 g/mol. The summed E-state index contributed by atoms with van der Waals surface area (Å²) in [5.41, 5.74) is 1.59. The first-order chi connectivity index (χ1) is 9.01. The van der Waals surface area contributed by atoms with E-state index in [0.29, 0.717) is 16.6 Å². The van der Waals surface area contributed by atoms with Crippen LogP contribution in [0.25, 0.3) is 0 Å². The van der Waals surface area contributed by atoms with Crippen molar-refractivity contribution in [3.8, 4) is 0 Å². The summed E-state index contributed by atoms with van der Waals surface area (Å²) in [7, 11) is 0. The van der Waals surface area contributed by atoms with Gasteiger partial charge in [0, 0.05) is 17.9 Å². The van der Waals surface area contributed by atoms with E-state index < -0.39 is 0 Å². The molecule has 3 heteroatoms. The first-order valence-electron chi connectivity index (χ1n) is 7.39. The van der Waals surface area contributed by atoms with Gasteiger partial charge in [-0.3, -0.25) is 0 Å². The van der Waals surface area contributed by atoms with Crippen molar-refractivity contribution in [2.75, 3.05) is 5.32 Å². The molecule has 106 valence electrons. The topological polar surface area (TPSA) is 24.9 Å². The molecule has 1 heterocycles. The lowest BCUT2D eigenvalue weighted by Crippen LogP contribution is -2.32. The lowest BCUT2D eigenvalue weighted by Gasteiger charge is -2.39. The monoisotopic (exact) mass is 280 g/mol. The Morgan fingerprint density at radius 1 is 1.32 bits per heavy atom. The second-order valence-electron chi connectivity index (χ2n) is 6.40. The lowest BCUT2D eigenvalue weighted by molar-refractivity contribution is 0.147. The van der Waals surface area contributed by atoms with Crippen LogP contribution in [0.3, 0.4) is 0 Å². The number of halogens is 1. The summed E-state index contributed by atoms with van der Waals surface area (Å²) in [6.45, 7) is 7.13. The summed E-state index contributed by atoms with van der Waals surface area (Å²) in [6, 6.07) is 4.49. The van der Waals surface area contributed by atoms with E-state index >= 15 is 0 Å². The maximum Gasteiger partial charge on any atom is 0.131 e. The molecule has 1 saturated carbocycles. The van der Waals surface area contributed by atoms with Gasteiger partial charge in [0.2, 0.25) is 0 Å². The van der Waals surface area contributed by atoms with Crippen molar-refractivity contribution in [3.05, 3.63) is 23.5 Å². The number of anilines is 1. The highest BCUT2D eigenvalue weighted by Crippen LogP contribution is 2.40. The fourth-order valence-electron chi connectivity index (χ4n) is 3.04. The third-order valence-electron chi connectivity index (χ3n) is 4.84. The smallest absolute Gasteiger partial charge is 0.131 e. The number of pyridine rings is 1. The van der Waals surface area contributed by atoms with Gasteiger partial charge in [0.15, 0.2) is 0 Å². The molecule has 0 aromatic carbocycles. The molecule has 0 unspecified atom stereocenters. The molecule has 0 aliphatic heterocycles. The van der Waals surface area contributed by atoms with Crippen LogP contribution in [0.5, 0.6) is 0 Å². The van der Waals surface area contributed by atoms with Crippen LogP contribution in [-0.2, 0) is 0 Å². The van der Waals surface area contributed by atoms with Crippen LogP contribution in [0.4, 0.5) is 5.69 Å². The normalized spacial score (nSPS) is 24.2. The van der Waals surface area contributed by atoms with Crippen LogP contribution in [0, 0.1) is 11.3 Å². The summed E-state index contributed by atoms with van der Waals surface area (Å²) in [4.78, 5) is 4.01. The second kappa shape index (κ2) is 6.13. The van der Waals surface area contributed by atoms with Crippen LogP contribution < -0.4 is 5.32 Å². The van der Waals surface area contributed by atoms with E-state index in [9.17, 15) is 0 Å². The summed E-state index contributed by atoms with van der Waals surface area (Å²) < 4.78 is 0. The zero-order chi connectivity index (χ0) is 13.9. The van der Waals surface area contributed by atoms with E-state index in [2.05, 4.69) is 31.1 Å². The number of nitrogens with zero attached hydrogens (tertiary/aromatic N) is 1. The van der Waals surface area contributed by atoms with Crippen molar-refractivity contribution in [1.29, 1.82) is 0 Å². The van der Waals surface area contributed by atoms with Crippen molar-refractivity contribution in [2.24, 2.45) is 11.3 Å². The Morgan fingerprint density at radius 2 is 2.00 bits per heavy atom. The molecule has 1 aliphatic carbocycles. The number of aromatic nitrogens is 1. The molecule has 0 bridgehead atoms. The van der Waals surface area contributed by atoms with Crippen molar-refractivity contribution in [3.63, 3.8) is 0 Å². The summed E-state index contributed by atoms with van der Waals surface area (Å²) >= 11 is 5.91. The van der Waals surface area contributed by atoms with Crippen molar-refractivity contribution < 1.29 is 0 Å². The minimum Gasteiger partial charge on any atom is -0.382 e. The average Bonchev–Trinajstić information content (AvgIpc) is 2.39. The predicted molar refractivity (Wildman–Crippen MR) is 82.7 cm³/mol. The molecule has 0 radical (unpaired) electrons. The Kier molecular flexibility index (Phi) is 4.72. The van der Waals surface area contributed by atoms with Crippen LogP contribution in [0.15, 0.2) is 18.3 Å². The Labute approximate surface area is 122 Å². The lowest BCUT2D eigenvalue weighted by atomic mass is 9.69. The van der Waals surface area contributed by atoms with E-state index in [1.54, 1.807) is 6.20 Å². The predicted octanol–water partition coefficient (Wildman–Crippen LogP) is 5.14. The fraction of sp³-hybridized carbons (Fsp3) is 0.688. The molecule has 0 amide bonds. The minimum absolute atomic E-state index is 0.491. The maximum absolute atomic E-state index is 5.91. The van der Waals surface area contributed by atoms with Gasteiger partial charge >= 0.3 is 0 Å². The summed E-state index contributed by atoms with van der Waals surface area (Å²) in [5.74, 6) is 0.872. The fourth-order valence-corrected chi connectivity index (χ4v) is 3.21. The Balaban J connectivity index is 1.87. The van der Waals surface area contributed by atoms with E-state index in [1.165, 1.54) is 32.1 Å². The Morgan fingerprint density at radius 3 is 2.58 bits per heavy atom. The van der Waals surface area contributed by atoms with Gasteiger partial charge in [0.05, 0.1) is 0 Å². The van der Waals surface area contributed by atoms with Gasteiger partial charge < -0.3 is 5.32 Å². The standard InChI is InChI=1S/C16H25ClN2/c1-4-16(2,3)12-5-7-13(8-6-12)19-14-9-10-18-15(17)11-14/h9-13H,4-8H2,1-3H3,(H,18,19). The molecule has 0 spiro atoms. The molecular weight excluding hydrogens is 256 g/mol. The van der Waals surface area contributed by atoms with Gasteiger partial charge in [-0.05, 0) is 49.1 Å². The molecular formula is C16H25ClN2. The maximum atomic E-state index is 5.91. The Hall–Kier alpha value is -0.760. The highest BCUT2D eigenvalue weighted by Gasteiger charge is 2.31. The van der Waals surface area contributed by atoms with Crippen molar-refractivity contribution in [1.82, 2.24) is 4.98 Å². The quantitative estimate of drug-likeness (QED) is 0.772. The van der Waals surface area contributed by atoms with Gasteiger partial charge in [-0.2, -0.15) is 0 Å². The molecule has 1 aliphatic rings. The number of hydrogen-bond donors (Lipinski definition) is 1. The number of hydrogen-bond acceptors (Lipinski definition) is 2. The van der Waals surface area contributed by atoms with Crippen molar-refractivity contribution in [2.45, 2.75) is 58.9 Å². The number of rotatable bonds is 4. The summed E-state index contributed by atoms with van der Waals surface area (Å²) in [5, 5.41) is 4.15. The van der Waals surface area contributed by atoms with Gasteiger partial charge in [-0.25, -0.2) is 4.98 Å². The van der Waals surface area contributed by atoms with E-state index in [0.717, 1.165) is 11.6 Å². The molecule has 1 fully saturated rings. The van der Waals surface area contributed by atoms with Crippen LogP contribution in [0.1, 0.15) is 52.9 Å². The van der Waals surface area contributed by atoms with Gasteiger partial charge in [0.25, 0.3) is 0 Å². The van der Waals surface area contributed by atoms with E-state index in [1.807, 2.05) is 12.1 Å². The van der Waals surface area contributed by atoms with Crippen molar-refractivity contribution >= 4 is 17.3 Å². The molecule has 1 aromatic heterocycles. The van der Waals surface area contributed by atoms with Crippen LogP contribution in [-0.4, -0.2) is 11.0 Å². The van der Waals surface area contributed by atoms with Gasteiger partial charge in [0.1, 0.15) is 5.15 Å². The molecule has 1 aromatic rings. The Bertz CT molecular complexity index is 409. The molecule has 2 rings (SSSR count). The highest BCUT2D eigenvalue weighted by atomic mass is 35.5. The molecule has 2 nitrogen and oxygen atoms in total. The van der Waals surface area contributed by atoms with Crippen LogP contribution in [0.2, 0.25) is 5.15 Å². The zero-order valence-corrected chi connectivity index (χ0v) is 13.0. The zero-order valence-electron chi connectivity index (χ0n) is 12.2. The molecule has 19 heavy (non-hydrogen) atoms. The minimum atomic E-state index is 0.491. The van der Waals surface area contributed by atoms with Crippen LogP contribution >= 0.6 is 11.6 Å². The molecule has 1 N–H and O–H groups in total. The first kappa shape index (κ1) is 14.6. The third kappa shape index (κ3) is 3.85. The molecule has 0 saturated heterocycles. The van der Waals surface area contributed by atoms with E-state index in [4.69, 9.17) is 11.6 Å². The van der Waals surface area contributed by atoms with E-state index in [-0.39, 0.29) is 0 Å². The summed E-state index contributed by atoms with van der Waals surface area (Å²) in [6.07, 6.45) is 8.21. The first-order valence-corrected chi connectivity index (χ1v) is 7.77. The number of nitrogens with one attached hydrogen (secondary N) is 1. The largest absolute Gasteiger partial charge is 0.382 e.